The lowest BCUT2D eigenvalue weighted by molar-refractivity contribution is -0.157. The fraction of sp³-hybridized carbons (Fsp3) is 0.600. The third kappa shape index (κ3) is 3.61. The third-order valence-corrected chi connectivity index (χ3v) is 5.72. The van der Waals surface area contributed by atoms with Gasteiger partial charge < -0.3 is 9.64 Å². The van der Waals surface area contributed by atoms with Gasteiger partial charge in [0.2, 0.25) is 5.91 Å². The topological polar surface area (TPSA) is 80.0 Å². The maximum atomic E-state index is 13.1. The molecule has 0 aliphatic carbocycles. The predicted molar refractivity (Wildman–Crippen MR) is 103 cm³/mol. The van der Waals surface area contributed by atoms with E-state index < -0.39 is 6.04 Å². The highest BCUT2D eigenvalue weighted by Gasteiger charge is 2.36. The second-order valence-corrected chi connectivity index (χ2v) is 7.47. The van der Waals surface area contributed by atoms with Crippen LogP contribution in [0.3, 0.4) is 0 Å². The Balaban J connectivity index is 1.49. The summed E-state index contributed by atoms with van der Waals surface area (Å²) in [7, 11) is 0. The highest BCUT2D eigenvalue weighted by Crippen LogP contribution is 2.31. The molecule has 8 nitrogen and oxygen atoms in total. The van der Waals surface area contributed by atoms with Gasteiger partial charge in [0.25, 0.3) is 0 Å². The molecule has 0 bridgehead atoms. The first-order valence-corrected chi connectivity index (χ1v) is 10.2. The van der Waals surface area contributed by atoms with Crippen molar-refractivity contribution >= 4 is 17.5 Å². The van der Waals surface area contributed by atoms with Gasteiger partial charge in [-0.15, -0.1) is 10.2 Å². The molecule has 0 unspecified atom stereocenters. The predicted octanol–water partition coefficient (Wildman–Crippen LogP) is 1.81. The van der Waals surface area contributed by atoms with Crippen molar-refractivity contribution in [2.45, 2.75) is 51.1 Å². The third-order valence-electron chi connectivity index (χ3n) is 5.72. The molecule has 8 heteroatoms. The number of ether oxygens (including phenoxy) is 1. The maximum absolute atomic E-state index is 13.1. The Morgan fingerprint density at radius 1 is 1.14 bits per heavy atom. The average molecular weight is 385 g/mol. The molecular weight excluding hydrogens is 358 g/mol. The monoisotopic (exact) mass is 385 g/mol. The molecule has 0 saturated carbocycles. The van der Waals surface area contributed by atoms with Crippen molar-refractivity contribution in [2.75, 3.05) is 26.2 Å². The average Bonchev–Trinajstić information content (AvgIpc) is 3.34. The highest BCUT2D eigenvalue weighted by atomic mass is 16.5. The van der Waals surface area contributed by atoms with Crippen LogP contribution in [0.2, 0.25) is 0 Å². The molecule has 4 rings (SSSR count). The van der Waals surface area contributed by atoms with E-state index >= 15 is 0 Å². The molecule has 0 aromatic carbocycles. The summed E-state index contributed by atoms with van der Waals surface area (Å²) in [6, 6.07) is 5.44. The van der Waals surface area contributed by atoms with E-state index in [0.717, 1.165) is 43.7 Å². The Hall–Kier alpha value is -2.48. The number of rotatable bonds is 5. The lowest BCUT2D eigenvalue weighted by Crippen LogP contribution is -2.51. The van der Waals surface area contributed by atoms with Crippen molar-refractivity contribution in [3.8, 4) is 0 Å². The number of likely N-dealkylation sites (tertiary alicyclic amines) is 2. The number of nitrogens with zero attached hydrogens (tertiary/aromatic N) is 5. The van der Waals surface area contributed by atoms with Gasteiger partial charge in [0.05, 0.1) is 19.2 Å². The van der Waals surface area contributed by atoms with Crippen molar-refractivity contribution in [2.24, 2.45) is 0 Å². The molecule has 28 heavy (non-hydrogen) atoms. The molecule has 2 saturated heterocycles. The van der Waals surface area contributed by atoms with Gasteiger partial charge in [-0.1, -0.05) is 6.07 Å². The van der Waals surface area contributed by atoms with E-state index in [1.807, 2.05) is 28.8 Å². The minimum Gasteiger partial charge on any atom is -0.464 e. The van der Waals surface area contributed by atoms with Crippen LogP contribution in [0.15, 0.2) is 24.4 Å². The van der Waals surface area contributed by atoms with E-state index in [1.54, 1.807) is 11.8 Å². The number of hydrogen-bond donors (Lipinski definition) is 0. The largest absolute Gasteiger partial charge is 0.464 e. The van der Waals surface area contributed by atoms with Crippen molar-refractivity contribution in [1.29, 1.82) is 0 Å². The molecular formula is C20H27N5O3. The lowest BCUT2D eigenvalue weighted by Gasteiger charge is -2.35. The summed E-state index contributed by atoms with van der Waals surface area (Å²) in [5, 5.41) is 8.64. The van der Waals surface area contributed by atoms with Crippen LogP contribution in [-0.4, -0.2) is 68.6 Å². The number of amides is 1. The zero-order valence-electron chi connectivity index (χ0n) is 16.3. The molecule has 2 aromatic rings. The number of aromatic nitrogens is 3. The van der Waals surface area contributed by atoms with Crippen molar-refractivity contribution in [3.63, 3.8) is 0 Å². The minimum absolute atomic E-state index is 0.00141. The van der Waals surface area contributed by atoms with Gasteiger partial charge in [0.1, 0.15) is 6.04 Å². The van der Waals surface area contributed by atoms with E-state index in [2.05, 4.69) is 15.1 Å². The van der Waals surface area contributed by atoms with Gasteiger partial charge in [0.15, 0.2) is 11.5 Å². The van der Waals surface area contributed by atoms with Gasteiger partial charge in [0, 0.05) is 12.7 Å². The second-order valence-electron chi connectivity index (χ2n) is 7.47. The summed E-state index contributed by atoms with van der Waals surface area (Å²) in [6.07, 6.45) is 6.49. The fourth-order valence-corrected chi connectivity index (χ4v) is 4.37. The van der Waals surface area contributed by atoms with Crippen LogP contribution >= 0.6 is 0 Å². The Kier molecular flexibility index (Phi) is 5.57. The number of carbonyl (C=O) groups is 2. The Morgan fingerprint density at radius 3 is 2.89 bits per heavy atom. The summed E-state index contributed by atoms with van der Waals surface area (Å²) in [5.74, 6) is 0.594. The van der Waals surface area contributed by atoms with Crippen LogP contribution in [0.25, 0.3) is 5.65 Å². The molecule has 4 heterocycles. The molecule has 0 radical (unpaired) electrons. The minimum atomic E-state index is -0.448. The van der Waals surface area contributed by atoms with Gasteiger partial charge in [-0.25, -0.2) is 4.79 Å². The standard InChI is InChI=1S/C20H27N5O3/c1-2-28-20(27)16-8-3-5-12-24(16)18(26)14-23-11-7-9-15(23)19-22-21-17-10-4-6-13-25(17)19/h4,6,10,13,15-16H,2-3,5,7-9,11-12,14H2,1H3/t15-,16+/m0/s1. The Labute approximate surface area is 164 Å². The summed E-state index contributed by atoms with van der Waals surface area (Å²) < 4.78 is 7.19. The normalized spacial score (nSPS) is 23.2. The number of esters is 1. The maximum Gasteiger partial charge on any atom is 0.328 e. The summed E-state index contributed by atoms with van der Waals surface area (Å²) in [5.41, 5.74) is 0.814. The first-order valence-electron chi connectivity index (χ1n) is 10.2. The number of fused-ring (bicyclic) bond motifs is 1. The van der Waals surface area contributed by atoms with Crippen LogP contribution in [0.1, 0.15) is 50.9 Å². The fourth-order valence-electron chi connectivity index (χ4n) is 4.37. The van der Waals surface area contributed by atoms with Crippen LogP contribution in [0.5, 0.6) is 0 Å². The van der Waals surface area contributed by atoms with Crippen LogP contribution in [0, 0.1) is 0 Å². The molecule has 150 valence electrons. The molecule has 2 aromatic heterocycles. The van der Waals surface area contributed by atoms with E-state index in [1.165, 1.54) is 0 Å². The van der Waals surface area contributed by atoms with Gasteiger partial charge >= 0.3 is 5.97 Å². The van der Waals surface area contributed by atoms with Crippen molar-refractivity contribution < 1.29 is 14.3 Å². The second kappa shape index (κ2) is 8.26. The summed E-state index contributed by atoms with van der Waals surface area (Å²) >= 11 is 0. The first kappa shape index (κ1) is 18.9. The molecule has 0 N–H and O–H groups in total. The molecule has 1 amide bonds. The smallest absolute Gasteiger partial charge is 0.328 e. The zero-order chi connectivity index (χ0) is 19.5. The molecule has 2 fully saturated rings. The number of pyridine rings is 1. The Bertz CT molecular complexity index is 851. The quantitative estimate of drug-likeness (QED) is 0.731. The van der Waals surface area contributed by atoms with Gasteiger partial charge in [-0.05, 0) is 57.7 Å². The summed E-state index contributed by atoms with van der Waals surface area (Å²) in [6.45, 7) is 3.89. The molecule has 0 spiro atoms. The number of hydrogen-bond acceptors (Lipinski definition) is 6. The zero-order valence-corrected chi connectivity index (χ0v) is 16.3. The van der Waals surface area contributed by atoms with E-state index in [9.17, 15) is 9.59 Å². The lowest BCUT2D eigenvalue weighted by atomic mass is 10.0. The summed E-state index contributed by atoms with van der Waals surface area (Å²) in [4.78, 5) is 29.3. The van der Waals surface area contributed by atoms with Crippen LogP contribution in [0.4, 0.5) is 0 Å². The van der Waals surface area contributed by atoms with E-state index in [0.29, 0.717) is 26.1 Å². The first-order chi connectivity index (χ1) is 13.7. The number of carbonyl (C=O) groups excluding carboxylic acids is 2. The van der Waals surface area contributed by atoms with Gasteiger partial charge in [-0.3, -0.25) is 14.1 Å². The van der Waals surface area contributed by atoms with Gasteiger partial charge in [-0.2, -0.15) is 0 Å². The van der Waals surface area contributed by atoms with Crippen LogP contribution < -0.4 is 0 Å². The Morgan fingerprint density at radius 2 is 2.04 bits per heavy atom. The molecule has 2 aliphatic rings. The number of piperidine rings is 1. The van der Waals surface area contributed by atoms with E-state index in [4.69, 9.17) is 4.74 Å². The SMILES string of the molecule is CCOC(=O)[C@H]1CCCCN1C(=O)CN1CCC[C@H]1c1nnc2ccccn12. The van der Waals surface area contributed by atoms with E-state index in [-0.39, 0.29) is 17.9 Å². The highest BCUT2D eigenvalue weighted by molar-refractivity contribution is 5.85. The van der Waals surface area contributed by atoms with Crippen molar-refractivity contribution in [1.82, 2.24) is 24.4 Å². The van der Waals surface area contributed by atoms with Crippen LogP contribution in [-0.2, 0) is 14.3 Å². The molecule has 2 aliphatic heterocycles. The van der Waals surface area contributed by atoms with Crippen molar-refractivity contribution in [3.05, 3.63) is 30.2 Å². The molecule has 2 atom stereocenters.